The molecule has 0 atom stereocenters. The Hall–Kier alpha value is -1.29. The van der Waals surface area contributed by atoms with Crippen LogP contribution in [0.15, 0.2) is 41.1 Å². The van der Waals surface area contributed by atoms with E-state index in [0.29, 0.717) is 5.02 Å². The molecule has 0 fully saturated rings. The van der Waals surface area contributed by atoms with Crippen molar-refractivity contribution in [2.45, 2.75) is 0 Å². The lowest BCUT2D eigenvalue weighted by Gasteiger charge is -2.12. The minimum atomic E-state index is -0.567. The van der Waals surface area contributed by atoms with E-state index in [1.54, 1.807) is 6.07 Å². The quantitative estimate of drug-likeness (QED) is 0.785. The normalized spacial score (nSPS) is 15.3. The maximum Gasteiger partial charge on any atom is 0.239 e. The Morgan fingerprint density at radius 3 is 2.39 bits per heavy atom. The van der Waals surface area contributed by atoms with Crippen LogP contribution in [0.4, 0.5) is 0 Å². The number of carbonyl (C=O) groups is 2. The first-order valence-electron chi connectivity index (χ1n) is 4.78. The summed E-state index contributed by atoms with van der Waals surface area (Å²) in [6, 6.07) is 4.51. The number of halogens is 3. The molecule has 0 aliphatic heterocycles. The van der Waals surface area contributed by atoms with Gasteiger partial charge in [0.25, 0.3) is 0 Å². The highest BCUT2D eigenvalue weighted by atomic mass is 35.5. The summed E-state index contributed by atoms with van der Waals surface area (Å²) >= 11 is 17.2. The van der Waals surface area contributed by atoms with Crippen LogP contribution in [0.3, 0.4) is 0 Å². The van der Waals surface area contributed by atoms with E-state index in [9.17, 15) is 9.59 Å². The van der Waals surface area contributed by atoms with Crippen LogP contribution in [0.25, 0.3) is 0 Å². The standard InChI is InChI=1S/C12H5Cl3O3/c13-6-1-2-10(8(14)3-6)18-11-5-7(16)4-9(15)12(11)17/h1-5H. The molecule has 1 aliphatic rings. The Balaban J connectivity index is 2.29. The second-order valence-electron chi connectivity index (χ2n) is 3.41. The van der Waals surface area contributed by atoms with Crippen molar-refractivity contribution in [3.63, 3.8) is 0 Å². The molecule has 0 amide bonds. The molecule has 0 radical (unpaired) electrons. The molecule has 1 aliphatic carbocycles. The van der Waals surface area contributed by atoms with E-state index < -0.39 is 11.6 Å². The first-order valence-corrected chi connectivity index (χ1v) is 5.91. The number of hydrogen-bond donors (Lipinski definition) is 0. The second kappa shape index (κ2) is 5.14. The smallest absolute Gasteiger partial charge is 0.239 e. The predicted molar refractivity (Wildman–Crippen MR) is 69.1 cm³/mol. The minimum Gasteiger partial charge on any atom is -0.451 e. The third-order valence-electron chi connectivity index (χ3n) is 2.10. The molecule has 0 unspecified atom stereocenters. The highest BCUT2D eigenvalue weighted by Gasteiger charge is 2.23. The van der Waals surface area contributed by atoms with E-state index in [4.69, 9.17) is 39.5 Å². The van der Waals surface area contributed by atoms with Crippen LogP contribution in [-0.2, 0) is 9.59 Å². The number of carbonyl (C=O) groups excluding carboxylic acids is 2. The molecule has 1 aromatic rings. The van der Waals surface area contributed by atoms with Crippen LogP contribution in [0.2, 0.25) is 10.0 Å². The summed E-state index contributed by atoms with van der Waals surface area (Å²) in [4.78, 5) is 22.9. The van der Waals surface area contributed by atoms with Crippen molar-refractivity contribution in [2.24, 2.45) is 0 Å². The third kappa shape index (κ3) is 2.75. The number of Topliss-reactive ketones (excluding diaryl/α,β-unsaturated/α-hetero) is 1. The van der Waals surface area contributed by atoms with Gasteiger partial charge in [-0.1, -0.05) is 34.8 Å². The van der Waals surface area contributed by atoms with Crippen LogP contribution >= 0.6 is 34.8 Å². The van der Waals surface area contributed by atoms with Gasteiger partial charge in [0.15, 0.2) is 11.5 Å². The van der Waals surface area contributed by atoms with E-state index in [-0.39, 0.29) is 21.6 Å². The lowest BCUT2D eigenvalue weighted by atomic mass is 10.1. The monoisotopic (exact) mass is 302 g/mol. The number of hydrogen-bond acceptors (Lipinski definition) is 3. The average Bonchev–Trinajstić information content (AvgIpc) is 2.29. The highest BCUT2D eigenvalue weighted by molar-refractivity contribution is 6.47. The topological polar surface area (TPSA) is 43.4 Å². The summed E-state index contributed by atoms with van der Waals surface area (Å²) in [6.45, 7) is 0. The van der Waals surface area contributed by atoms with Gasteiger partial charge in [0.2, 0.25) is 5.78 Å². The minimum absolute atomic E-state index is 0.170. The van der Waals surface area contributed by atoms with Crippen molar-refractivity contribution < 1.29 is 14.3 Å². The number of rotatable bonds is 2. The molecule has 0 spiro atoms. The van der Waals surface area contributed by atoms with Crippen molar-refractivity contribution in [3.8, 4) is 5.75 Å². The fourth-order valence-corrected chi connectivity index (χ4v) is 1.94. The maximum absolute atomic E-state index is 11.6. The Labute approximate surface area is 118 Å². The number of allylic oxidation sites excluding steroid dienone is 3. The first-order chi connectivity index (χ1) is 8.47. The third-order valence-corrected chi connectivity index (χ3v) is 2.91. The largest absolute Gasteiger partial charge is 0.451 e. The molecule has 0 saturated heterocycles. The summed E-state index contributed by atoms with van der Waals surface area (Å²) in [6.07, 6.45) is 2.08. The SMILES string of the molecule is O=C1C=C(Cl)C(=O)C(Oc2ccc(Cl)cc2Cl)=C1. The van der Waals surface area contributed by atoms with Gasteiger partial charge in [0, 0.05) is 17.2 Å². The molecule has 6 heteroatoms. The fraction of sp³-hybridized carbons (Fsp3) is 0. The van der Waals surface area contributed by atoms with Crippen LogP contribution < -0.4 is 4.74 Å². The Bertz CT molecular complexity index is 603. The molecule has 92 valence electrons. The summed E-state index contributed by atoms with van der Waals surface area (Å²) in [5.74, 6) is -0.932. The molecule has 0 N–H and O–H groups in total. The molecule has 0 aromatic heterocycles. The summed E-state index contributed by atoms with van der Waals surface area (Å²) in [7, 11) is 0. The molecule has 0 bridgehead atoms. The Kier molecular flexibility index (Phi) is 3.76. The van der Waals surface area contributed by atoms with Crippen LogP contribution in [0.5, 0.6) is 5.75 Å². The van der Waals surface area contributed by atoms with E-state index in [0.717, 1.165) is 12.2 Å². The molecule has 2 rings (SSSR count). The molecule has 3 nitrogen and oxygen atoms in total. The van der Waals surface area contributed by atoms with Gasteiger partial charge < -0.3 is 4.74 Å². The van der Waals surface area contributed by atoms with Crippen LogP contribution in [-0.4, -0.2) is 11.6 Å². The van der Waals surface area contributed by atoms with Gasteiger partial charge in [-0.15, -0.1) is 0 Å². The van der Waals surface area contributed by atoms with Gasteiger partial charge in [-0.25, -0.2) is 0 Å². The molecule has 0 heterocycles. The van der Waals surface area contributed by atoms with Crippen molar-refractivity contribution in [1.82, 2.24) is 0 Å². The zero-order chi connectivity index (χ0) is 13.3. The van der Waals surface area contributed by atoms with Crippen molar-refractivity contribution in [2.75, 3.05) is 0 Å². The summed E-state index contributed by atoms with van der Waals surface area (Å²) in [5, 5.41) is 0.474. The average molecular weight is 304 g/mol. The van der Waals surface area contributed by atoms with Gasteiger partial charge in [-0.2, -0.15) is 0 Å². The first kappa shape index (κ1) is 13.1. The van der Waals surface area contributed by atoms with Crippen molar-refractivity contribution in [1.29, 1.82) is 0 Å². The highest BCUT2D eigenvalue weighted by Crippen LogP contribution is 2.30. The number of ether oxygens (including phenoxy) is 1. The van der Waals surface area contributed by atoms with Crippen molar-refractivity contribution >= 4 is 46.4 Å². The number of benzene rings is 1. The molecule has 0 saturated carbocycles. The lowest BCUT2D eigenvalue weighted by molar-refractivity contribution is -0.116. The van der Waals surface area contributed by atoms with Gasteiger partial charge in [-0.05, 0) is 18.2 Å². The summed E-state index contributed by atoms with van der Waals surface area (Å²) < 4.78 is 5.27. The summed E-state index contributed by atoms with van der Waals surface area (Å²) in [5.41, 5.74) is 0. The van der Waals surface area contributed by atoms with Crippen LogP contribution in [0, 0.1) is 0 Å². The molecule has 1 aromatic carbocycles. The molecule has 18 heavy (non-hydrogen) atoms. The van der Waals surface area contributed by atoms with E-state index >= 15 is 0 Å². The molecular formula is C12H5Cl3O3. The second-order valence-corrected chi connectivity index (χ2v) is 4.66. The van der Waals surface area contributed by atoms with E-state index in [2.05, 4.69) is 0 Å². The van der Waals surface area contributed by atoms with E-state index in [1.807, 2.05) is 0 Å². The van der Waals surface area contributed by atoms with Gasteiger partial charge >= 0.3 is 0 Å². The zero-order valence-electron chi connectivity index (χ0n) is 8.75. The Morgan fingerprint density at radius 2 is 1.72 bits per heavy atom. The fourth-order valence-electron chi connectivity index (χ4n) is 1.30. The zero-order valence-corrected chi connectivity index (χ0v) is 11.0. The van der Waals surface area contributed by atoms with Crippen LogP contribution in [0.1, 0.15) is 0 Å². The van der Waals surface area contributed by atoms with Gasteiger partial charge in [0.1, 0.15) is 5.75 Å². The van der Waals surface area contributed by atoms with Gasteiger partial charge in [-0.3, -0.25) is 9.59 Å². The van der Waals surface area contributed by atoms with Crippen molar-refractivity contribution in [3.05, 3.63) is 51.2 Å². The van der Waals surface area contributed by atoms with Gasteiger partial charge in [0.05, 0.1) is 10.1 Å². The lowest BCUT2D eigenvalue weighted by Crippen LogP contribution is -2.15. The van der Waals surface area contributed by atoms with E-state index in [1.165, 1.54) is 12.1 Å². The Morgan fingerprint density at radius 1 is 1.00 bits per heavy atom. The maximum atomic E-state index is 11.6. The molecular weight excluding hydrogens is 298 g/mol. The predicted octanol–water partition coefficient (Wildman–Crippen LogP) is 3.53. The number of ketones is 2.